The number of carbonyl (C=O) groups is 1. The first-order valence-electron chi connectivity index (χ1n) is 5.69. The van der Waals surface area contributed by atoms with E-state index in [-0.39, 0.29) is 11.6 Å². The van der Waals surface area contributed by atoms with E-state index in [0.29, 0.717) is 12.1 Å². The zero-order chi connectivity index (χ0) is 10.0. The van der Waals surface area contributed by atoms with Gasteiger partial charge >= 0.3 is 5.97 Å². The Balaban J connectivity index is 1.89. The molecule has 0 aromatic heterocycles. The quantitative estimate of drug-likeness (QED) is 0.550. The molecule has 4 aliphatic rings. The third-order valence-corrected chi connectivity index (χ3v) is 4.31. The van der Waals surface area contributed by atoms with E-state index < -0.39 is 0 Å². The minimum atomic E-state index is -0.271. The third kappa shape index (κ3) is 0.797. The smallest absolute Gasteiger partial charge is 0.332 e. The van der Waals surface area contributed by atoms with E-state index in [1.807, 2.05) is 0 Å². The fourth-order valence-electron chi connectivity index (χ4n) is 3.77. The van der Waals surface area contributed by atoms with Gasteiger partial charge in [-0.05, 0) is 19.4 Å². The van der Waals surface area contributed by atoms with Crippen molar-refractivity contribution in [2.24, 2.45) is 0 Å². The van der Waals surface area contributed by atoms with Crippen LogP contribution in [0.3, 0.4) is 0 Å². The number of ether oxygens (including phenoxy) is 1. The molecule has 0 amide bonds. The summed E-state index contributed by atoms with van der Waals surface area (Å²) in [5.74, 6) is -0.149. The van der Waals surface area contributed by atoms with E-state index in [1.165, 1.54) is 12.8 Å². The van der Waals surface area contributed by atoms with Crippen LogP contribution in [0.15, 0.2) is 23.8 Å². The van der Waals surface area contributed by atoms with Gasteiger partial charge in [-0.15, -0.1) is 0 Å². The fourth-order valence-corrected chi connectivity index (χ4v) is 3.77. The summed E-state index contributed by atoms with van der Waals surface area (Å²) in [6.07, 6.45) is 9.39. The summed E-state index contributed by atoms with van der Waals surface area (Å²) in [4.78, 5) is 13.9. The monoisotopic (exact) mass is 203 g/mol. The van der Waals surface area contributed by atoms with Crippen LogP contribution in [0, 0.1) is 0 Å². The Morgan fingerprint density at radius 1 is 1.53 bits per heavy atom. The van der Waals surface area contributed by atoms with Crippen LogP contribution in [-0.2, 0) is 9.53 Å². The van der Waals surface area contributed by atoms with Gasteiger partial charge in [-0.25, -0.2) is 4.79 Å². The number of esters is 1. The molecule has 0 saturated carbocycles. The van der Waals surface area contributed by atoms with Crippen molar-refractivity contribution < 1.29 is 9.53 Å². The van der Waals surface area contributed by atoms with Gasteiger partial charge in [-0.1, -0.05) is 12.2 Å². The maximum Gasteiger partial charge on any atom is 0.332 e. The number of hydrogen-bond acceptors (Lipinski definition) is 3. The van der Waals surface area contributed by atoms with Crippen LogP contribution in [0.2, 0.25) is 0 Å². The lowest BCUT2D eigenvalue weighted by atomic mass is 9.81. The Morgan fingerprint density at radius 3 is 3.40 bits per heavy atom. The van der Waals surface area contributed by atoms with Crippen LogP contribution in [-0.4, -0.2) is 35.1 Å². The van der Waals surface area contributed by atoms with Gasteiger partial charge in [0.05, 0.1) is 6.04 Å². The second-order valence-corrected chi connectivity index (χ2v) is 4.94. The van der Waals surface area contributed by atoms with E-state index in [2.05, 4.69) is 17.1 Å². The van der Waals surface area contributed by atoms with Crippen LogP contribution < -0.4 is 0 Å². The highest BCUT2D eigenvalue weighted by Gasteiger charge is 2.60. The molecule has 2 fully saturated rings. The zero-order valence-corrected chi connectivity index (χ0v) is 8.48. The van der Waals surface area contributed by atoms with Crippen molar-refractivity contribution in [1.82, 2.24) is 4.90 Å². The van der Waals surface area contributed by atoms with Crippen molar-refractivity contribution in [3.05, 3.63) is 23.8 Å². The minimum Gasteiger partial charge on any atom is -0.449 e. The molecular weight excluding hydrogens is 190 g/mol. The summed E-state index contributed by atoms with van der Waals surface area (Å²) in [6, 6.07) is 0.941. The first-order chi connectivity index (χ1) is 7.29. The second-order valence-electron chi connectivity index (χ2n) is 4.94. The zero-order valence-electron chi connectivity index (χ0n) is 8.48. The van der Waals surface area contributed by atoms with Crippen LogP contribution in [0.25, 0.3) is 0 Å². The van der Waals surface area contributed by atoms with Gasteiger partial charge in [0.1, 0.15) is 0 Å². The van der Waals surface area contributed by atoms with E-state index in [0.717, 1.165) is 18.5 Å². The summed E-state index contributed by atoms with van der Waals surface area (Å²) in [7, 11) is 0. The van der Waals surface area contributed by atoms with Gasteiger partial charge < -0.3 is 4.74 Å². The van der Waals surface area contributed by atoms with Crippen LogP contribution >= 0.6 is 0 Å². The molecule has 3 aliphatic heterocycles. The van der Waals surface area contributed by atoms with E-state index in [9.17, 15) is 4.79 Å². The highest BCUT2D eigenvalue weighted by molar-refractivity contribution is 5.88. The van der Waals surface area contributed by atoms with Gasteiger partial charge in [0.25, 0.3) is 0 Å². The number of hydrogen-bond donors (Lipinski definition) is 0. The standard InChI is InChI=1S/C12H13NO2/c14-11-6-8-3-4-9-7-12(8,15-11)10-2-1-5-13(9)10/h3-4,6,9-10H,1-2,5,7H2/t9-,10?,12-/m0/s1. The van der Waals surface area contributed by atoms with Crippen LogP contribution in [0.1, 0.15) is 19.3 Å². The molecule has 4 rings (SSSR count). The lowest BCUT2D eigenvalue weighted by molar-refractivity contribution is -0.147. The molecule has 3 heterocycles. The second kappa shape index (κ2) is 2.35. The van der Waals surface area contributed by atoms with E-state index >= 15 is 0 Å². The van der Waals surface area contributed by atoms with Gasteiger partial charge in [0.2, 0.25) is 0 Å². The molecular formula is C12H13NO2. The maximum atomic E-state index is 11.4. The number of fused-ring (bicyclic) bond motifs is 3. The molecule has 3 nitrogen and oxygen atoms in total. The van der Waals surface area contributed by atoms with Crippen molar-refractivity contribution in [1.29, 1.82) is 0 Å². The summed E-state index contributed by atoms with van der Waals surface area (Å²) < 4.78 is 5.63. The molecule has 2 saturated heterocycles. The molecule has 3 heteroatoms. The average Bonchev–Trinajstić information content (AvgIpc) is 2.82. The molecule has 0 aromatic carbocycles. The highest BCUT2D eigenvalue weighted by Crippen LogP contribution is 2.51. The normalized spacial score (nSPS) is 46.4. The fraction of sp³-hybridized carbons (Fsp3) is 0.583. The first kappa shape index (κ1) is 8.11. The Hall–Kier alpha value is -1.09. The molecule has 0 radical (unpaired) electrons. The van der Waals surface area contributed by atoms with Gasteiger partial charge in [-0.3, -0.25) is 4.90 Å². The molecule has 1 aliphatic carbocycles. The SMILES string of the molecule is O=C1C=C2C=C[C@H]3C[C@@]2(O1)C1CCCN13. The van der Waals surface area contributed by atoms with Gasteiger partial charge in [0, 0.05) is 24.1 Å². The predicted octanol–water partition coefficient (Wildman–Crippen LogP) is 1.01. The molecule has 1 spiro atoms. The maximum absolute atomic E-state index is 11.4. The topological polar surface area (TPSA) is 29.5 Å². The summed E-state index contributed by atoms with van der Waals surface area (Å²) >= 11 is 0. The average molecular weight is 203 g/mol. The lowest BCUT2D eigenvalue weighted by Crippen LogP contribution is -2.42. The van der Waals surface area contributed by atoms with Crippen LogP contribution in [0.5, 0.6) is 0 Å². The van der Waals surface area contributed by atoms with E-state index in [4.69, 9.17) is 4.74 Å². The van der Waals surface area contributed by atoms with Gasteiger partial charge in [-0.2, -0.15) is 0 Å². The molecule has 0 aromatic rings. The Morgan fingerprint density at radius 2 is 2.47 bits per heavy atom. The Kier molecular flexibility index (Phi) is 1.27. The third-order valence-electron chi connectivity index (χ3n) is 4.31. The molecule has 0 N–H and O–H groups in total. The van der Waals surface area contributed by atoms with Crippen molar-refractivity contribution in [2.75, 3.05) is 6.54 Å². The predicted molar refractivity (Wildman–Crippen MR) is 54.2 cm³/mol. The Labute approximate surface area is 88.4 Å². The number of carbonyl (C=O) groups excluding carboxylic acids is 1. The van der Waals surface area contributed by atoms with Crippen molar-refractivity contribution in [2.45, 2.75) is 36.9 Å². The number of rotatable bonds is 0. The molecule has 2 bridgehead atoms. The Bertz CT molecular complexity index is 412. The minimum absolute atomic E-state index is 0.149. The van der Waals surface area contributed by atoms with Crippen molar-refractivity contribution in [3.8, 4) is 0 Å². The summed E-state index contributed by atoms with van der Waals surface area (Å²) in [5, 5.41) is 0. The molecule has 1 unspecified atom stereocenters. The van der Waals surface area contributed by atoms with Crippen molar-refractivity contribution in [3.63, 3.8) is 0 Å². The molecule has 15 heavy (non-hydrogen) atoms. The lowest BCUT2D eigenvalue weighted by Gasteiger charge is -2.31. The van der Waals surface area contributed by atoms with Crippen LogP contribution in [0.4, 0.5) is 0 Å². The molecule has 3 atom stereocenters. The first-order valence-corrected chi connectivity index (χ1v) is 5.69. The number of nitrogens with zero attached hydrogens (tertiary/aromatic N) is 1. The van der Waals surface area contributed by atoms with E-state index in [1.54, 1.807) is 6.08 Å². The summed E-state index contributed by atoms with van der Waals surface area (Å²) in [5.41, 5.74) is 0.839. The largest absolute Gasteiger partial charge is 0.449 e. The molecule has 78 valence electrons. The summed E-state index contributed by atoms with van der Waals surface area (Å²) in [6.45, 7) is 1.16. The van der Waals surface area contributed by atoms with Crippen molar-refractivity contribution >= 4 is 5.97 Å². The highest BCUT2D eigenvalue weighted by atomic mass is 16.6. The van der Waals surface area contributed by atoms with Gasteiger partial charge in [0.15, 0.2) is 5.60 Å².